The Morgan fingerprint density at radius 2 is 2.13 bits per heavy atom. The molecule has 0 radical (unpaired) electrons. The monoisotopic (exact) mass is 313 g/mol. The minimum Gasteiger partial charge on any atom is -0.453 e. The Morgan fingerprint density at radius 3 is 2.91 bits per heavy atom. The third-order valence-corrected chi connectivity index (χ3v) is 4.48. The molecule has 0 saturated carbocycles. The highest BCUT2D eigenvalue weighted by Gasteiger charge is 2.23. The molecule has 1 fully saturated rings. The topological polar surface area (TPSA) is 42.7 Å². The van der Waals surface area contributed by atoms with E-state index in [0.717, 1.165) is 25.2 Å². The maximum atomic E-state index is 13.9. The minimum atomic E-state index is -0.521. The summed E-state index contributed by atoms with van der Waals surface area (Å²) < 4.78 is 25.0. The third kappa shape index (κ3) is 2.28. The molecule has 23 heavy (non-hydrogen) atoms. The number of para-hydroxylation sites is 1. The number of nitrogens with zero attached hydrogens (tertiary/aromatic N) is 1. The maximum absolute atomic E-state index is 13.9. The van der Waals surface area contributed by atoms with Crippen molar-refractivity contribution >= 4 is 27.6 Å². The van der Waals surface area contributed by atoms with Crippen molar-refractivity contribution in [2.24, 2.45) is 0 Å². The summed E-state index contributed by atoms with van der Waals surface area (Å²) in [6.07, 6.45) is 1.18. The van der Waals surface area contributed by atoms with Gasteiger partial charge in [-0.15, -0.1) is 0 Å². The summed E-state index contributed by atoms with van der Waals surface area (Å²) in [5.41, 5.74) is 1.17. The number of anilines is 1. The predicted octanol–water partition coefficient (Wildman–Crippen LogP) is 3.31. The van der Waals surface area contributed by atoms with Crippen LogP contribution >= 0.6 is 0 Å². The van der Waals surface area contributed by atoms with Crippen molar-refractivity contribution in [3.05, 3.63) is 52.4 Å². The number of rotatable bonds is 2. The molecule has 0 amide bonds. The second-order valence-corrected chi connectivity index (χ2v) is 5.82. The molecule has 1 aromatic heterocycles. The van der Waals surface area contributed by atoms with Crippen molar-refractivity contribution in [1.29, 1.82) is 0 Å². The molecule has 2 heterocycles. The van der Waals surface area contributed by atoms with Crippen molar-refractivity contribution in [2.75, 3.05) is 25.1 Å². The zero-order valence-corrected chi connectivity index (χ0v) is 12.7. The number of benzene rings is 2. The van der Waals surface area contributed by atoms with Gasteiger partial charge in [-0.2, -0.15) is 0 Å². The summed E-state index contributed by atoms with van der Waals surface area (Å²) in [5.74, 6) is -0.521. The first kappa shape index (κ1) is 14.2. The van der Waals surface area contributed by atoms with E-state index in [1.54, 1.807) is 25.3 Å². The number of hydrogen-bond donors (Lipinski definition) is 0. The van der Waals surface area contributed by atoms with E-state index in [9.17, 15) is 9.18 Å². The standard InChI is InChI=1S/C18H16FNO3/c1-22-12-7-8-20(10-12)11-5-6-13-16(9-11)23-18-14(17(13)21)3-2-4-15(18)19/h2-6,9,12H,7-8,10H2,1H3/t12-/m0/s1. The van der Waals surface area contributed by atoms with Gasteiger partial charge in [-0.3, -0.25) is 4.79 Å². The molecule has 1 saturated heterocycles. The van der Waals surface area contributed by atoms with Crippen LogP contribution < -0.4 is 10.3 Å². The van der Waals surface area contributed by atoms with Crippen LogP contribution in [0, 0.1) is 5.82 Å². The van der Waals surface area contributed by atoms with Crippen LogP contribution in [0.15, 0.2) is 45.6 Å². The molecule has 0 aliphatic carbocycles. The van der Waals surface area contributed by atoms with E-state index in [4.69, 9.17) is 9.15 Å². The Balaban J connectivity index is 1.87. The fourth-order valence-electron chi connectivity index (χ4n) is 3.18. The van der Waals surface area contributed by atoms with Crippen molar-refractivity contribution in [3.8, 4) is 0 Å². The largest absolute Gasteiger partial charge is 0.453 e. The van der Waals surface area contributed by atoms with Crippen molar-refractivity contribution in [3.63, 3.8) is 0 Å². The summed E-state index contributed by atoms with van der Waals surface area (Å²) in [5, 5.41) is 0.736. The normalized spacial score (nSPS) is 18.2. The van der Waals surface area contributed by atoms with Gasteiger partial charge < -0.3 is 14.1 Å². The van der Waals surface area contributed by atoms with Gasteiger partial charge in [0.15, 0.2) is 11.4 Å². The van der Waals surface area contributed by atoms with E-state index in [0.29, 0.717) is 11.0 Å². The molecule has 1 atom stereocenters. The van der Waals surface area contributed by atoms with Gasteiger partial charge in [0.05, 0.1) is 16.9 Å². The average Bonchev–Trinajstić information content (AvgIpc) is 3.05. The molecule has 0 bridgehead atoms. The molecule has 1 aliphatic rings. The van der Waals surface area contributed by atoms with Gasteiger partial charge >= 0.3 is 0 Å². The fourth-order valence-corrected chi connectivity index (χ4v) is 3.18. The van der Waals surface area contributed by atoms with E-state index in [1.165, 1.54) is 12.1 Å². The highest BCUT2D eigenvalue weighted by Crippen LogP contribution is 2.27. The van der Waals surface area contributed by atoms with Crippen LogP contribution in [-0.2, 0) is 4.74 Å². The Kier molecular flexibility index (Phi) is 3.31. The van der Waals surface area contributed by atoms with E-state index in [1.807, 2.05) is 6.07 Å². The lowest BCUT2D eigenvalue weighted by Crippen LogP contribution is -2.22. The molecule has 4 rings (SSSR count). The van der Waals surface area contributed by atoms with Crippen LogP contribution in [-0.4, -0.2) is 26.3 Å². The summed E-state index contributed by atoms with van der Waals surface area (Å²) >= 11 is 0. The summed E-state index contributed by atoms with van der Waals surface area (Å²) in [6, 6.07) is 9.86. The summed E-state index contributed by atoms with van der Waals surface area (Å²) in [6.45, 7) is 1.68. The van der Waals surface area contributed by atoms with Gasteiger partial charge in [0.1, 0.15) is 5.58 Å². The molecule has 2 aromatic carbocycles. The summed E-state index contributed by atoms with van der Waals surface area (Å²) in [4.78, 5) is 14.7. The zero-order valence-electron chi connectivity index (χ0n) is 12.7. The van der Waals surface area contributed by atoms with Crippen molar-refractivity contribution in [2.45, 2.75) is 12.5 Å². The first-order valence-electron chi connectivity index (χ1n) is 7.60. The molecule has 0 spiro atoms. The van der Waals surface area contributed by atoms with Gasteiger partial charge in [-0.1, -0.05) is 6.07 Å². The van der Waals surface area contributed by atoms with Gasteiger partial charge in [-0.05, 0) is 30.7 Å². The Bertz CT molecular complexity index is 950. The molecular formula is C18H16FNO3. The Morgan fingerprint density at radius 1 is 1.26 bits per heavy atom. The number of halogens is 1. The third-order valence-electron chi connectivity index (χ3n) is 4.48. The van der Waals surface area contributed by atoms with Crippen LogP contribution in [0.25, 0.3) is 21.9 Å². The van der Waals surface area contributed by atoms with Gasteiger partial charge in [0, 0.05) is 32.0 Å². The molecule has 5 heteroatoms. The van der Waals surface area contributed by atoms with Gasteiger partial charge in [-0.25, -0.2) is 4.39 Å². The number of fused-ring (bicyclic) bond motifs is 2. The molecule has 4 nitrogen and oxygen atoms in total. The molecular weight excluding hydrogens is 297 g/mol. The average molecular weight is 313 g/mol. The lowest BCUT2D eigenvalue weighted by molar-refractivity contribution is 0.121. The number of hydrogen-bond acceptors (Lipinski definition) is 4. The van der Waals surface area contributed by atoms with E-state index < -0.39 is 5.82 Å². The van der Waals surface area contributed by atoms with Crippen LogP contribution in [0.4, 0.5) is 10.1 Å². The van der Waals surface area contributed by atoms with Crippen LogP contribution in [0.2, 0.25) is 0 Å². The van der Waals surface area contributed by atoms with E-state index in [-0.39, 0.29) is 22.5 Å². The summed E-state index contributed by atoms with van der Waals surface area (Å²) in [7, 11) is 1.71. The molecule has 118 valence electrons. The highest BCUT2D eigenvalue weighted by atomic mass is 19.1. The zero-order chi connectivity index (χ0) is 16.0. The van der Waals surface area contributed by atoms with Crippen molar-refractivity contribution < 1.29 is 13.5 Å². The SMILES string of the molecule is CO[C@H]1CCN(c2ccc3c(=O)c4cccc(F)c4oc3c2)C1. The maximum Gasteiger partial charge on any atom is 0.200 e. The van der Waals surface area contributed by atoms with Crippen LogP contribution in [0.3, 0.4) is 0 Å². The van der Waals surface area contributed by atoms with Crippen LogP contribution in [0.1, 0.15) is 6.42 Å². The van der Waals surface area contributed by atoms with E-state index >= 15 is 0 Å². The fraction of sp³-hybridized carbons (Fsp3) is 0.278. The minimum absolute atomic E-state index is 0.0124. The second kappa shape index (κ2) is 5.35. The van der Waals surface area contributed by atoms with Crippen LogP contribution in [0.5, 0.6) is 0 Å². The second-order valence-electron chi connectivity index (χ2n) is 5.82. The Hall–Kier alpha value is -2.40. The molecule has 0 N–H and O–H groups in total. The van der Waals surface area contributed by atoms with Gasteiger partial charge in [0.2, 0.25) is 5.43 Å². The van der Waals surface area contributed by atoms with Gasteiger partial charge in [0.25, 0.3) is 0 Å². The quantitative estimate of drug-likeness (QED) is 0.681. The first-order chi connectivity index (χ1) is 11.2. The van der Waals surface area contributed by atoms with E-state index in [2.05, 4.69) is 4.90 Å². The molecule has 3 aromatic rings. The Labute approximate surface area is 132 Å². The lowest BCUT2D eigenvalue weighted by Gasteiger charge is -2.18. The highest BCUT2D eigenvalue weighted by molar-refractivity contribution is 5.91. The first-order valence-corrected chi connectivity index (χ1v) is 7.60. The molecule has 1 aliphatic heterocycles. The van der Waals surface area contributed by atoms with Crippen molar-refractivity contribution in [1.82, 2.24) is 0 Å². The lowest BCUT2D eigenvalue weighted by atomic mass is 10.1. The number of methoxy groups -OCH3 is 1. The smallest absolute Gasteiger partial charge is 0.200 e. The number of ether oxygens (including phenoxy) is 1. The predicted molar refractivity (Wildman–Crippen MR) is 87.6 cm³/mol. The molecule has 0 unspecified atom stereocenters.